The number of halogens is 1. The van der Waals surface area contributed by atoms with E-state index in [9.17, 15) is 9.18 Å². The quantitative estimate of drug-likeness (QED) is 0.606. The summed E-state index contributed by atoms with van der Waals surface area (Å²) in [5, 5.41) is 0. The summed E-state index contributed by atoms with van der Waals surface area (Å²) in [4.78, 5) is 13.0. The first-order chi connectivity index (χ1) is 9.06. The van der Waals surface area contributed by atoms with Crippen LogP contribution in [0.5, 0.6) is 0 Å². The summed E-state index contributed by atoms with van der Waals surface area (Å²) >= 11 is 1.48. The Morgan fingerprint density at radius 2 is 1.89 bits per heavy atom. The molecule has 98 valence electrons. The lowest BCUT2D eigenvalue weighted by atomic mass is 10.1. The van der Waals surface area contributed by atoms with Crippen LogP contribution in [0.3, 0.4) is 0 Å². The minimum absolute atomic E-state index is 0.0530. The maximum absolute atomic E-state index is 13.0. The highest BCUT2D eigenvalue weighted by Gasteiger charge is 2.07. The van der Waals surface area contributed by atoms with Gasteiger partial charge in [-0.3, -0.25) is 4.79 Å². The van der Waals surface area contributed by atoms with Gasteiger partial charge in [0.2, 0.25) is 0 Å². The van der Waals surface area contributed by atoms with Crippen molar-refractivity contribution < 1.29 is 9.18 Å². The maximum Gasteiger partial charge on any atom is 0.173 e. The van der Waals surface area contributed by atoms with Gasteiger partial charge in [-0.1, -0.05) is 18.2 Å². The number of ketones is 1. The van der Waals surface area contributed by atoms with Crippen LogP contribution >= 0.6 is 11.8 Å². The van der Waals surface area contributed by atoms with Crippen molar-refractivity contribution in [3.05, 3.63) is 65.0 Å². The number of carbonyl (C=O) groups is 1. The number of rotatable bonds is 4. The van der Waals surface area contributed by atoms with Crippen LogP contribution in [0.1, 0.15) is 21.5 Å². The summed E-state index contributed by atoms with van der Waals surface area (Å²) in [6.07, 6.45) is 0. The molecule has 0 aliphatic carbocycles. The Kier molecular flexibility index (Phi) is 4.38. The fourth-order valence-electron chi connectivity index (χ4n) is 1.70. The van der Waals surface area contributed by atoms with Crippen molar-refractivity contribution in [2.45, 2.75) is 18.7 Å². The minimum atomic E-state index is -0.373. The lowest BCUT2D eigenvalue weighted by Gasteiger charge is -2.05. The smallest absolute Gasteiger partial charge is 0.173 e. The monoisotopic (exact) mass is 274 g/mol. The second-order valence-corrected chi connectivity index (χ2v) is 5.52. The van der Waals surface area contributed by atoms with Crippen LogP contribution in [0.2, 0.25) is 0 Å². The molecule has 0 aliphatic rings. The van der Waals surface area contributed by atoms with Crippen molar-refractivity contribution in [1.82, 2.24) is 0 Å². The number of carbonyl (C=O) groups excluding carboxylic acids is 1. The van der Waals surface area contributed by atoms with E-state index in [2.05, 4.69) is 13.0 Å². The van der Waals surface area contributed by atoms with Crippen molar-refractivity contribution in [2.75, 3.05) is 5.75 Å². The Labute approximate surface area is 116 Å². The molecule has 2 aromatic rings. The summed E-state index contributed by atoms with van der Waals surface area (Å²) in [7, 11) is 0. The van der Waals surface area contributed by atoms with Crippen LogP contribution in [0.15, 0.2) is 47.4 Å². The second kappa shape index (κ2) is 6.02. The van der Waals surface area contributed by atoms with Gasteiger partial charge in [-0.25, -0.2) is 4.39 Å². The molecule has 0 atom stereocenters. The lowest BCUT2D eigenvalue weighted by molar-refractivity contribution is 0.102. The van der Waals surface area contributed by atoms with Crippen molar-refractivity contribution in [1.29, 1.82) is 0 Å². The summed E-state index contributed by atoms with van der Waals surface area (Å²) in [5.41, 5.74) is 2.88. The molecular weight excluding hydrogens is 259 g/mol. The third-order valence-corrected chi connectivity index (χ3v) is 3.99. The van der Waals surface area contributed by atoms with Crippen LogP contribution in [0.4, 0.5) is 4.39 Å². The highest BCUT2D eigenvalue weighted by atomic mass is 32.2. The molecule has 0 N–H and O–H groups in total. The molecule has 2 rings (SSSR count). The Balaban J connectivity index is 2.02. The van der Waals surface area contributed by atoms with Gasteiger partial charge in [-0.2, -0.15) is 0 Å². The van der Waals surface area contributed by atoms with Gasteiger partial charge < -0.3 is 0 Å². The van der Waals surface area contributed by atoms with Crippen LogP contribution in [-0.2, 0) is 0 Å². The molecule has 0 heterocycles. The average Bonchev–Trinajstić information content (AvgIpc) is 2.40. The topological polar surface area (TPSA) is 17.1 Å². The van der Waals surface area contributed by atoms with Crippen molar-refractivity contribution in [3.63, 3.8) is 0 Å². The molecule has 0 saturated carbocycles. The first-order valence-corrected chi connectivity index (χ1v) is 7.03. The fourth-order valence-corrected chi connectivity index (χ4v) is 2.59. The zero-order chi connectivity index (χ0) is 13.8. The molecule has 3 heteroatoms. The fraction of sp³-hybridized carbons (Fsp3) is 0.188. The van der Waals surface area contributed by atoms with E-state index in [-0.39, 0.29) is 11.6 Å². The molecule has 0 aromatic heterocycles. The van der Waals surface area contributed by atoms with E-state index in [0.29, 0.717) is 11.3 Å². The number of benzene rings is 2. The molecule has 0 bridgehead atoms. The molecule has 0 radical (unpaired) electrons. The van der Waals surface area contributed by atoms with E-state index in [1.54, 1.807) is 12.1 Å². The minimum Gasteiger partial charge on any atom is -0.293 e. The maximum atomic E-state index is 13.0. The van der Waals surface area contributed by atoms with Crippen LogP contribution in [0, 0.1) is 19.7 Å². The van der Waals surface area contributed by atoms with E-state index in [1.807, 2.05) is 19.1 Å². The molecule has 0 amide bonds. The van der Waals surface area contributed by atoms with E-state index in [0.717, 1.165) is 4.90 Å². The standard InChI is InChI=1S/C16H15FOS/c1-11-6-7-15(8-12(11)2)19-10-16(18)13-4-3-5-14(17)9-13/h3-9H,10H2,1-2H3. The SMILES string of the molecule is Cc1ccc(SCC(=O)c2cccc(F)c2)cc1C. The van der Waals surface area contributed by atoms with Crippen molar-refractivity contribution in [3.8, 4) is 0 Å². The van der Waals surface area contributed by atoms with Gasteiger partial charge in [0.15, 0.2) is 5.78 Å². The molecule has 19 heavy (non-hydrogen) atoms. The largest absolute Gasteiger partial charge is 0.293 e. The number of hydrogen-bond donors (Lipinski definition) is 0. The van der Waals surface area contributed by atoms with Crippen LogP contribution < -0.4 is 0 Å². The van der Waals surface area contributed by atoms with Gasteiger partial charge in [-0.05, 0) is 49.2 Å². The molecule has 0 spiro atoms. The van der Waals surface area contributed by atoms with E-state index in [4.69, 9.17) is 0 Å². The van der Waals surface area contributed by atoms with Gasteiger partial charge in [0, 0.05) is 10.5 Å². The second-order valence-electron chi connectivity index (χ2n) is 4.47. The molecule has 0 fully saturated rings. The Morgan fingerprint density at radius 3 is 2.58 bits per heavy atom. The van der Waals surface area contributed by atoms with Crippen molar-refractivity contribution >= 4 is 17.5 Å². The number of Topliss-reactive ketones (excluding diaryl/α,β-unsaturated/α-hetero) is 1. The Bertz CT molecular complexity index is 607. The summed E-state index contributed by atoms with van der Waals surface area (Å²) in [6, 6.07) is 11.9. The third kappa shape index (κ3) is 3.67. The van der Waals surface area contributed by atoms with Gasteiger partial charge in [-0.15, -0.1) is 11.8 Å². The van der Waals surface area contributed by atoms with Gasteiger partial charge in [0.25, 0.3) is 0 Å². The first-order valence-electron chi connectivity index (χ1n) is 6.05. The molecule has 2 aromatic carbocycles. The number of hydrogen-bond acceptors (Lipinski definition) is 2. The predicted molar refractivity (Wildman–Crippen MR) is 77.4 cm³/mol. The van der Waals surface area contributed by atoms with E-state index >= 15 is 0 Å². The average molecular weight is 274 g/mol. The molecular formula is C16H15FOS. The highest BCUT2D eigenvalue weighted by Crippen LogP contribution is 2.22. The predicted octanol–water partition coefficient (Wildman–Crippen LogP) is 4.42. The summed E-state index contributed by atoms with van der Waals surface area (Å²) < 4.78 is 13.0. The first kappa shape index (κ1) is 13.8. The Morgan fingerprint density at radius 1 is 1.11 bits per heavy atom. The molecule has 0 aliphatic heterocycles. The van der Waals surface area contributed by atoms with E-state index in [1.165, 1.54) is 35.0 Å². The van der Waals surface area contributed by atoms with Gasteiger partial charge in [0.1, 0.15) is 5.82 Å². The highest BCUT2D eigenvalue weighted by molar-refractivity contribution is 8.00. The molecule has 1 nitrogen and oxygen atoms in total. The van der Waals surface area contributed by atoms with Crippen LogP contribution in [0.25, 0.3) is 0 Å². The molecule has 0 saturated heterocycles. The number of aryl methyl sites for hydroxylation is 2. The Hall–Kier alpha value is -1.61. The number of thioether (sulfide) groups is 1. The normalized spacial score (nSPS) is 10.5. The van der Waals surface area contributed by atoms with Crippen molar-refractivity contribution in [2.24, 2.45) is 0 Å². The molecule has 0 unspecified atom stereocenters. The van der Waals surface area contributed by atoms with E-state index < -0.39 is 0 Å². The van der Waals surface area contributed by atoms with Gasteiger partial charge >= 0.3 is 0 Å². The third-order valence-electron chi connectivity index (χ3n) is 2.99. The van der Waals surface area contributed by atoms with Crippen LogP contribution in [-0.4, -0.2) is 11.5 Å². The summed E-state index contributed by atoms with van der Waals surface area (Å²) in [5.74, 6) is -0.101. The van der Waals surface area contributed by atoms with Gasteiger partial charge in [0.05, 0.1) is 5.75 Å². The zero-order valence-corrected chi connectivity index (χ0v) is 11.8. The lowest BCUT2D eigenvalue weighted by Crippen LogP contribution is -2.02. The zero-order valence-electron chi connectivity index (χ0n) is 10.9. The summed E-state index contributed by atoms with van der Waals surface area (Å²) in [6.45, 7) is 4.11.